The average molecular weight is 154 g/mol. The summed E-state index contributed by atoms with van der Waals surface area (Å²) in [5, 5.41) is 8.63. The van der Waals surface area contributed by atoms with Crippen LogP contribution in [0.25, 0.3) is 0 Å². The Labute approximate surface area is 66.5 Å². The third-order valence-electron chi connectivity index (χ3n) is 2.78. The van der Waals surface area contributed by atoms with Gasteiger partial charge < -0.3 is 0 Å². The van der Waals surface area contributed by atoms with Crippen molar-refractivity contribution in [3.63, 3.8) is 0 Å². The number of fused-ring (bicyclic) bond motifs is 1. The van der Waals surface area contributed by atoms with E-state index < -0.39 is 0 Å². The molecule has 3 heteroatoms. The zero-order valence-electron chi connectivity index (χ0n) is 6.58. The van der Waals surface area contributed by atoms with E-state index in [1.807, 2.05) is 0 Å². The summed E-state index contributed by atoms with van der Waals surface area (Å²) >= 11 is 0. The van der Waals surface area contributed by atoms with Gasteiger partial charge in [-0.3, -0.25) is 15.7 Å². The van der Waals surface area contributed by atoms with Gasteiger partial charge in [0.15, 0.2) is 0 Å². The lowest BCUT2D eigenvalue weighted by atomic mass is 9.85. The summed E-state index contributed by atoms with van der Waals surface area (Å²) in [5.74, 6) is 1.51. The molecular formula is C8H14N2O. The van der Waals surface area contributed by atoms with Gasteiger partial charge in [0, 0.05) is 6.42 Å². The molecule has 1 aliphatic heterocycles. The number of amidine groups is 1. The second-order valence-corrected chi connectivity index (χ2v) is 3.50. The molecule has 0 saturated heterocycles. The van der Waals surface area contributed by atoms with Crippen LogP contribution in [-0.2, 0) is 0 Å². The summed E-state index contributed by atoms with van der Waals surface area (Å²) in [4.78, 5) is 4.38. The molecule has 0 radical (unpaired) electrons. The van der Waals surface area contributed by atoms with Gasteiger partial charge in [0.2, 0.25) is 0 Å². The summed E-state index contributed by atoms with van der Waals surface area (Å²) < 4.78 is 0. The first kappa shape index (κ1) is 7.10. The van der Waals surface area contributed by atoms with Crippen LogP contribution in [0.5, 0.6) is 0 Å². The van der Waals surface area contributed by atoms with Crippen molar-refractivity contribution in [2.45, 2.75) is 38.1 Å². The van der Waals surface area contributed by atoms with Crippen LogP contribution in [0.1, 0.15) is 32.1 Å². The Morgan fingerprint density at radius 2 is 2.18 bits per heavy atom. The predicted octanol–water partition coefficient (Wildman–Crippen LogP) is 1.33. The molecule has 2 rings (SSSR count). The van der Waals surface area contributed by atoms with E-state index in [0.717, 1.165) is 18.2 Å². The SMILES string of the molecule is ONC1=NC2CCCCC2C1. The molecule has 0 aromatic heterocycles. The third-order valence-corrected chi connectivity index (χ3v) is 2.78. The van der Waals surface area contributed by atoms with Crippen molar-refractivity contribution in [1.29, 1.82) is 0 Å². The fraction of sp³-hybridized carbons (Fsp3) is 0.875. The lowest BCUT2D eigenvalue weighted by molar-refractivity contribution is 0.231. The summed E-state index contributed by atoms with van der Waals surface area (Å²) in [6, 6.07) is 0.512. The molecule has 0 aromatic rings. The van der Waals surface area contributed by atoms with Gasteiger partial charge in [-0.15, -0.1) is 0 Å². The van der Waals surface area contributed by atoms with Gasteiger partial charge in [0.25, 0.3) is 0 Å². The molecule has 3 nitrogen and oxygen atoms in total. The van der Waals surface area contributed by atoms with E-state index >= 15 is 0 Å². The van der Waals surface area contributed by atoms with Crippen molar-refractivity contribution in [1.82, 2.24) is 5.48 Å². The second kappa shape index (κ2) is 2.81. The molecule has 0 aromatic carbocycles. The van der Waals surface area contributed by atoms with Crippen molar-refractivity contribution < 1.29 is 5.21 Å². The molecule has 0 amide bonds. The van der Waals surface area contributed by atoms with E-state index in [2.05, 4.69) is 10.5 Å². The normalized spacial score (nSPS) is 36.3. The molecule has 1 heterocycles. The highest BCUT2D eigenvalue weighted by Gasteiger charge is 2.30. The highest BCUT2D eigenvalue weighted by molar-refractivity contribution is 5.83. The highest BCUT2D eigenvalue weighted by atomic mass is 16.5. The molecule has 1 aliphatic carbocycles. The zero-order chi connectivity index (χ0) is 7.68. The Morgan fingerprint density at radius 3 is 2.91 bits per heavy atom. The van der Waals surface area contributed by atoms with Crippen molar-refractivity contribution in [3.05, 3.63) is 0 Å². The third kappa shape index (κ3) is 1.25. The van der Waals surface area contributed by atoms with Crippen LogP contribution in [0.4, 0.5) is 0 Å². The topological polar surface area (TPSA) is 44.6 Å². The first-order valence-corrected chi connectivity index (χ1v) is 4.37. The summed E-state index contributed by atoms with van der Waals surface area (Å²) in [6.07, 6.45) is 6.12. The maximum absolute atomic E-state index is 8.63. The van der Waals surface area contributed by atoms with Crippen molar-refractivity contribution in [2.75, 3.05) is 0 Å². The van der Waals surface area contributed by atoms with Gasteiger partial charge in [-0.05, 0) is 18.8 Å². The fourth-order valence-corrected chi connectivity index (χ4v) is 2.17. The first-order valence-electron chi connectivity index (χ1n) is 4.37. The molecule has 0 spiro atoms. The van der Waals surface area contributed by atoms with E-state index in [-0.39, 0.29) is 0 Å². The van der Waals surface area contributed by atoms with Crippen molar-refractivity contribution in [3.8, 4) is 0 Å². The van der Waals surface area contributed by atoms with Crippen LogP contribution in [-0.4, -0.2) is 17.1 Å². The lowest BCUT2D eigenvalue weighted by Gasteiger charge is -2.22. The summed E-state index contributed by atoms with van der Waals surface area (Å²) in [5.41, 5.74) is 2.17. The van der Waals surface area contributed by atoms with Gasteiger partial charge in [0.05, 0.1) is 6.04 Å². The second-order valence-electron chi connectivity index (χ2n) is 3.50. The highest BCUT2D eigenvalue weighted by Crippen LogP contribution is 2.33. The standard InChI is InChI=1S/C8H14N2O/c11-10-8-5-6-3-1-2-4-7(6)9-8/h6-7,11H,1-5H2,(H,9,10). The Bertz CT molecular complexity index is 179. The van der Waals surface area contributed by atoms with Gasteiger partial charge in [0.1, 0.15) is 5.84 Å². The first-order chi connectivity index (χ1) is 5.40. The lowest BCUT2D eigenvalue weighted by Crippen LogP contribution is -2.20. The smallest absolute Gasteiger partial charge is 0.121 e. The zero-order valence-corrected chi connectivity index (χ0v) is 6.58. The number of aliphatic imine (C=N–C) groups is 1. The number of rotatable bonds is 0. The van der Waals surface area contributed by atoms with Crippen LogP contribution in [0.3, 0.4) is 0 Å². The van der Waals surface area contributed by atoms with Crippen LogP contribution in [0.2, 0.25) is 0 Å². The monoisotopic (exact) mass is 154 g/mol. The maximum Gasteiger partial charge on any atom is 0.121 e. The molecule has 2 aliphatic rings. The number of hydroxylamine groups is 1. The molecular weight excluding hydrogens is 140 g/mol. The van der Waals surface area contributed by atoms with Gasteiger partial charge in [-0.1, -0.05) is 12.8 Å². The van der Waals surface area contributed by atoms with Gasteiger partial charge in [-0.2, -0.15) is 0 Å². The van der Waals surface area contributed by atoms with Gasteiger partial charge >= 0.3 is 0 Å². The van der Waals surface area contributed by atoms with E-state index in [1.165, 1.54) is 25.7 Å². The maximum atomic E-state index is 8.63. The number of hydrogen-bond donors (Lipinski definition) is 2. The number of hydrogen-bond acceptors (Lipinski definition) is 3. The summed E-state index contributed by atoms with van der Waals surface area (Å²) in [6.45, 7) is 0. The minimum atomic E-state index is 0.512. The van der Waals surface area contributed by atoms with Crippen LogP contribution in [0, 0.1) is 5.92 Å². The Kier molecular flexibility index (Phi) is 1.82. The van der Waals surface area contributed by atoms with E-state index in [0.29, 0.717) is 6.04 Å². The van der Waals surface area contributed by atoms with E-state index in [1.54, 1.807) is 0 Å². The van der Waals surface area contributed by atoms with E-state index in [9.17, 15) is 0 Å². The predicted molar refractivity (Wildman–Crippen MR) is 42.7 cm³/mol. The fourth-order valence-electron chi connectivity index (χ4n) is 2.17. The average Bonchev–Trinajstić information content (AvgIpc) is 2.46. The summed E-state index contributed by atoms with van der Waals surface area (Å²) in [7, 11) is 0. The van der Waals surface area contributed by atoms with Crippen LogP contribution < -0.4 is 5.48 Å². The minimum Gasteiger partial charge on any atom is -0.290 e. The molecule has 1 saturated carbocycles. The van der Waals surface area contributed by atoms with Gasteiger partial charge in [-0.25, -0.2) is 0 Å². The number of nitrogens with zero attached hydrogens (tertiary/aromatic N) is 1. The Morgan fingerprint density at radius 1 is 1.36 bits per heavy atom. The molecule has 0 bridgehead atoms. The number of nitrogens with one attached hydrogen (secondary N) is 1. The molecule has 2 unspecified atom stereocenters. The van der Waals surface area contributed by atoms with Crippen LogP contribution >= 0.6 is 0 Å². The van der Waals surface area contributed by atoms with Crippen molar-refractivity contribution >= 4 is 5.84 Å². The Hall–Kier alpha value is -0.570. The largest absolute Gasteiger partial charge is 0.290 e. The van der Waals surface area contributed by atoms with Crippen molar-refractivity contribution in [2.24, 2.45) is 10.9 Å². The molecule has 11 heavy (non-hydrogen) atoms. The van der Waals surface area contributed by atoms with Crippen LogP contribution in [0.15, 0.2) is 4.99 Å². The van der Waals surface area contributed by atoms with E-state index in [4.69, 9.17) is 5.21 Å². The molecule has 2 atom stereocenters. The minimum absolute atomic E-state index is 0.512. The quantitative estimate of drug-likeness (QED) is 0.517. The molecule has 1 fully saturated rings. The molecule has 62 valence electrons. The molecule has 2 N–H and O–H groups in total. The Balaban J connectivity index is 2.02.